The Morgan fingerprint density at radius 1 is 1.32 bits per heavy atom. The molecule has 0 atom stereocenters. The number of aromatic nitrogens is 1. The predicted octanol–water partition coefficient (Wildman–Crippen LogP) is 3.68. The number of fused-ring (bicyclic) bond motifs is 1. The molecular weight excluding hydrogens is 345 g/mol. The highest BCUT2D eigenvalue weighted by Gasteiger charge is 2.16. The van der Waals surface area contributed by atoms with E-state index in [4.69, 9.17) is 23.2 Å². The predicted molar refractivity (Wildman–Crippen MR) is 88.0 cm³/mol. The molecule has 8 heteroatoms. The largest absolute Gasteiger partial charge is 0.324 e. The lowest BCUT2D eigenvalue weighted by Crippen LogP contribution is -2.19. The molecule has 0 aliphatic carbocycles. The van der Waals surface area contributed by atoms with Crippen LogP contribution in [-0.2, 0) is 4.79 Å². The van der Waals surface area contributed by atoms with Crippen molar-refractivity contribution in [2.45, 2.75) is 4.90 Å². The van der Waals surface area contributed by atoms with Gasteiger partial charge in [-0.05, 0) is 24.3 Å². The van der Waals surface area contributed by atoms with E-state index in [0.29, 0.717) is 22.7 Å². The first-order chi connectivity index (χ1) is 10.5. The fraction of sp³-hybridized carbons (Fsp3) is 0.0714. The zero-order valence-electron chi connectivity index (χ0n) is 11.0. The first kappa shape index (κ1) is 15.1. The summed E-state index contributed by atoms with van der Waals surface area (Å²) in [6.45, 7) is 0. The molecule has 2 N–H and O–H groups in total. The monoisotopic (exact) mass is 353 g/mol. The number of thioether (sulfide) groups is 1. The minimum atomic E-state index is -0.360. The van der Waals surface area contributed by atoms with Crippen LogP contribution in [0.25, 0.3) is 0 Å². The van der Waals surface area contributed by atoms with Gasteiger partial charge in [-0.15, -0.1) is 11.8 Å². The van der Waals surface area contributed by atoms with Crippen LogP contribution in [0.1, 0.15) is 10.4 Å². The molecule has 0 unspecified atom stereocenters. The molecule has 1 aliphatic rings. The van der Waals surface area contributed by atoms with Crippen molar-refractivity contribution in [1.82, 2.24) is 4.98 Å². The first-order valence-corrected chi connectivity index (χ1v) is 7.96. The third-order valence-electron chi connectivity index (χ3n) is 2.93. The molecule has 0 saturated carbocycles. The minimum Gasteiger partial charge on any atom is -0.324 e. The number of hydrogen-bond acceptors (Lipinski definition) is 4. The summed E-state index contributed by atoms with van der Waals surface area (Å²) < 4.78 is 0. The lowest BCUT2D eigenvalue weighted by atomic mass is 10.2. The second-order valence-corrected chi connectivity index (χ2v) is 6.28. The zero-order chi connectivity index (χ0) is 15.7. The highest BCUT2D eigenvalue weighted by atomic mass is 35.5. The number of nitrogens with zero attached hydrogens (tertiary/aromatic N) is 1. The summed E-state index contributed by atoms with van der Waals surface area (Å²) in [7, 11) is 0. The van der Waals surface area contributed by atoms with Crippen LogP contribution >= 0.6 is 35.0 Å². The number of hydrogen-bond donors (Lipinski definition) is 2. The normalized spacial score (nSPS) is 13.3. The molecule has 0 fully saturated rings. The van der Waals surface area contributed by atoms with Gasteiger partial charge in [0.05, 0.1) is 22.0 Å². The van der Waals surface area contributed by atoms with Gasteiger partial charge in [-0.2, -0.15) is 0 Å². The fourth-order valence-electron chi connectivity index (χ4n) is 1.91. The number of rotatable bonds is 2. The van der Waals surface area contributed by atoms with Crippen LogP contribution in [0.15, 0.2) is 35.4 Å². The molecule has 1 aromatic heterocycles. The maximum absolute atomic E-state index is 12.2. The number of nitrogens with one attached hydrogen (secondary N) is 2. The van der Waals surface area contributed by atoms with Crippen LogP contribution < -0.4 is 10.6 Å². The van der Waals surface area contributed by atoms with Crippen LogP contribution in [0.4, 0.5) is 11.4 Å². The van der Waals surface area contributed by atoms with Gasteiger partial charge in [0.15, 0.2) is 0 Å². The number of pyridine rings is 1. The molecule has 0 saturated heterocycles. The number of benzene rings is 1. The molecule has 2 aromatic rings. The van der Waals surface area contributed by atoms with Crippen molar-refractivity contribution in [3.05, 3.63) is 46.2 Å². The highest BCUT2D eigenvalue weighted by Crippen LogP contribution is 2.33. The molecule has 112 valence electrons. The van der Waals surface area contributed by atoms with Gasteiger partial charge in [0, 0.05) is 16.8 Å². The van der Waals surface area contributed by atoms with Gasteiger partial charge < -0.3 is 10.6 Å². The Bertz CT molecular complexity index is 783. The van der Waals surface area contributed by atoms with Gasteiger partial charge in [0.25, 0.3) is 5.91 Å². The molecule has 0 radical (unpaired) electrons. The van der Waals surface area contributed by atoms with Crippen LogP contribution in [0.5, 0.6) is 0 Å². The molecule has 3 rings (SSSR count). The highest BCUT2D eigenvalue weighted by molar-refractivity contribution is 8.00. The minimum absolute atomic E-state index is 0.0605. The van der Waals surface area contributed by atoms with Crippen molar-refractivity contribution < 1.29 is 9.59 Å². The number of anilines is 2. The van der Waals surface area contributed by atoms with E-state index in [0.717, 1.165) is 4.90 Å². The third-order valence-corrected chi connectivity index (χ3v) is 4.69. The number of carbonyl (C=O) groups excluding carboxylic acids is 2. The molecular formula is C14H9Cl2N3O2S. The second kappa shape index (κ2) is 6.16. The Kier molecular flexibility index (Phi) is 4.24. The Morgan fingerprint density at radius 2 is 2.14 bits per heavy atom. The van der Waals surface area contributed by atoms with E-state index < -0.39 is 0 Å². The molecule has 5 nitrogen and oxygen atoms in total. The average molecular weight is 354 g/mol. The van der Waals surface area contributed by atoms with Gasteiger partial charge >= 0.3 is 0 Å². The van der Waals surface area contributed by atoms with Crippen LogP contribution in [-0.4, -0.2) is 22.6 Å². The zero-order valence-corrected chi connectivity index (χ0v) is 13.4. The standard InChI is InChI=1S/C14H9Cl2N3O2S/c15-9-3-7(5-17-13(9)16)14(21)18-8-1-2-11-10(4-8)19-12(20)6-22-11/h1-5H,6H2,(H,18,21)(H,19,20). The van der Waals surface area contributed by atoms with E-state index in [1.54, 1.807) is 12.1 Å². The SMILES string of the molecule is O=C1CSc2ccc(NC(=O)c3cnc(Cl)c(Cl)c3)cc2N1. The molecule has 1 aromatic carbocycles. The Morgan fingerprint density at radius 3 is 2.91 bits per heavy atom. The van der Waals surface area contributed by atoms with Gasteiger partial charge in [0.1, 0.15) is 5.15 Å². The number of halogens is 2. The quantitative estimate of drug-likeness (QED) is 0.807. The maximum atomic E-state index is 12.2. The molecule has 0 bridgehead atoms. The van der Waals surface area contributed by atoms with Crippen LogP contribution in [0.3, 0.4) is 0 Å². The summed E-state index contributed by atoms with van der Waals surface area (Å²) in [6.07, 6.45) is 1.35. The summed E-state index contributed by atoms with van der Waals surface area (Å²) in [5.41, 5.74) is 1.55. The van der Waals surface area contributed by atoms with E-state index in [1.807, 2.05) is 6.07 Å². The Hall–Kier alpha value is -1.76. The van der Waals surface area contributed by atoms with Crippen molar-refractivity contribution in [2.75, 3.05) is 16.4 Å². The van der Waals surface area contributed by atoms with E-state index in [1.165, 1.54) is 24.0 Å². The summed E-state index contributed by atoms with van der Waals surface area (Å²) >= 11 is 13.0. The van der Waals surface area contributed by atoms with Crippen molar-refractivity contribution in [2.24, 2.45) is 0 Å². The number of amides is 2. The van der Waals surface area contributed by atoms with Gasteiger partial charge in [-0.1, -0.05) is 23.2 Å². The lowest BCUT2D eigenvalue weighted by Gasteiger charge is -2.17. The van der Waals surface area contributed by atoms with E-state index in [9.17, 15) is 9.59 Å². The third kappa shape index (κ3) is 3.19. The van der Waals surface area contributed by atoms with E-state index in [-0.39, 0.29) is 22.0 Å². The maximum Gasteiger partial charge on any atom is 0.257 e. The van der Waals surface area contributed by atoms with Gasteiger partial charge in [-0.3, -0.25) is 9.59 Å². The lowest BCUT2D eigenvalue weighted by molar-refractivity contribution is -0.113. The summed E-state index contributed by atoms with van der Waals surface area (Å²) in [4.78, 5) is 28.4. The summed E-state index contributed by atoms with van der Waals surface area (Å²) in [6, 6.07) is 6.78. The van der Waals surface area contributed by atoms with Gasteiger partial charge in [-0.25, -0.2) is 4.98 Å². The van der Waals surface area contributed by atoms with Crippen LogP contribution in [0.2, 0.25) is 10.2 Å². The summed E-state index contributed by atoms with van der Waals surface area (Å²) in [5.74, 6) is -0.0244. The second-order valence-electron chi connectivity index (χ2n) is 4.50. The Labute approximate surface area is 140 Å². The van der Waals surface area contributed by atoms with Gasteiger partial charge in [0.2, 0.25) is 5.91 Å². The molecule has 22 heavy (non-hydrogen) atoms. The van der Waals surface area contributed by atoms with E-state index in [2.05, 4.69) is 15.6 Å². The van der Waals surface area contributed by atoms with E-state index >= 15 is 0 Å². The van der Waals surface area contributed by atoms with Crippen molar-refractivity contribution >= 4 is 58.2 Å². The first-order valence-electron chi connectivity index (χ1n) is 6.22. The molecule has 2 heterocycles. The molecule has 2 amide bonds. The van der Waals surface area contributed by atoms with Crippen molar-refractivity contribution in [3.8, 4) is 0 Å². The van der Waals surface area contributed by atoms with Crippen molar-refractivity contribution in [1.29, 1.82) is 0 Å². The number of carbonyl (C=O) groups is 2. The smallest absolute Gasteiger partial charge is 0.257 e. The average Bonchev–Trinajstić information content (AvgIpc) is 2.49. The summed E-state index contributed by atoms with van der Waals surface area (Å²) in [5, 5.41) is 5.85. The molecule has 1 aliphatic heterocycles. The topological polar surface area (TPSA) is 71.1 Å². The fourth-order valence-corrected chi connectivity index (χ4v) is 2.97. The van der Waals surface area contributed by atoms with Crippen LogP contribution in [0, 0.1) is 0 Å². The molecule has 0 spiro atoms. The van der Waals surface area contributed by atoms with Crippen molar-refractivity contribution in [3.63, 3.8) is 0 Å². The Balaban J connectivity index is 1.80.